The Hall–Kier alpha value is -1.95. The minimum Gasteiger partial charge on any atom is -0.478 e. The van der Waals surface area contributed by atoms with Crippen LogP contribution in [0.3, 0.4) is 0 Å². The van der Waals surface area contributed by atoms with E-state index in [1.165, 1.54) is 24.4 Å². The van der Waals surface area contributed by atoms with Crippen LogP contribution in [-0.4, -0.2) is 27.5 Å². The summed E-state index contributed by atoms with van der Waals surface area (Å²) in [5.74, 6) is 0.643. The molecule has 0 amide bonds. The zero-order chi connectivity index (χ0) is 14.1. The van der Waals surface area contributed by atoms with Crippen LogP contribution in [0.5, 0.6) is 0 Å². The van der Waals surface area contributed by atoms with Crippen LogP contribution in [0.4, 0.5) is 5.13 Å². The lowest BCUT2D eigenvalue weighted by atomic mass is 10.1. The number of hydrogen-bond donors (Lipinski definition) is 1. The number of carboxylic acids is 1. The largest absolute Gasteiger partial charge is 0.478 e. The zero-order valence-electron chi connectivity index (χ0n) is 11.1. The fourth-order valence-electron chi connectivity index (χ4n) is 1.98. The fourth-order valence-corrected chi connectivity index (χ4v) is 2.69. The summed E-state index contributed by atoms with van der Waals surface area (Å²) < 4.78 is 4.39. The van der Waals surface area contributed by atoms with Gasteiger partial charge in [0.2, 0.25) is 5.13 Å². The van der Waals surface area contributed by atoms with Gasteiger partial charge >= 0.3 is 5.97 Å². The highest BCUT2D eigenvalue weighted by Crippen LogP contribution is 2.39. The molecule has 1 N–H and O–H groups in total. The molecule has 2 aromatic rings. The molecule has 1 saturated carbocycles. The Morgan fingerprint density at radius 3 is 2.70 bits per heavy atom. The molecule has 1 aromatic heterocycles. The van der Waals surface area contributed by atoms with Crippen molar-refractivity contribution >= 4 is 22.6 Å². The Labute approximate surface area is 121 Å². The van der Waals surface area contributed by atoms with Crippen LogP contribution in [0.2, 0.25) is 0 Å². The number of carboxylic acid groups (broad SMARTS) is 1. The SMILES string of the molecule is CN(Cc1ccc(C(=O)O)cc1)c1nc(C2CC2)ns1. The normalized spacial score (nSPS) is 14.2. The van der Waals surface area contributed by atoms with Gasteiger partial charge in [0.1, 0.15) is 5.82 Å². The van der Waals surface area contributed by atoms with Crippen molar-refractivity contribution in [3.63, 3.8) is 0 Å². The molecule has 0 saturated heterocycles. The number of hydrogen-bond acceptors (Lipinski definition) is 5. The second-order valence-corrected chi connectivity index (χ2v) is 5.80. The molecule has 5 nitrogen and oxygen atoms in total. The Kier molecular flexibility index (Phi) is 3.40. The number of rotatable bonds is 5. The molecule has 1 aliphatic rings. The van der Waals surface area contributed by atoms with Crippen molar-refractivity contribution in [3.8, 4) is 0 Å². The minimum atomic E-state index is -0.900. The minimum absolute atomic E-state index is 0.309. The van der Waals surface area contributed by atoms with Crippen molar-refractivity contribution < 1.29 is 9.90 Å². The van der Waals surface area contributed by atoms with E-state index in [4.69, 9.17) is 5.11 Å². The Morgan fingerprint density at radius 2 is 2.10 bits per heavy atom. The third-order valence-electron chi connectivity index (χ3n) is 3.32. The van der Waals surface area contributed by atoms with Gasteiger partial charge in [0.25, 0.3) is 0 Å². The molecule has 104 valence electrons. The summed E-state index contributed by atoms with van der Waals surface area (Å²) in [7, 11) is 1.97. The second-order valence-electron chi connectivity index (χ2n) is 5.07. The van der Waals surface area contributed by atoms with E-state index in [2.05, 4.69) is 9.36 Å². The smallest absolute Gasteiger partial charge is 0.335 e. The molecule has 0 unspecified atom stereocenters. The molecule has 20 heavy (non-hydrogen) atoms. The van der Waals surface area contributed by atoms with Crippen molar-refractivity contribution in [1.82, 2.24) is 9.36 Å². The summed E-state index contributed by atoms with van der Waals surface area (Å²) >= 11 is 1.42. The van der Waals surface area contributed by atoms with Gasteiger partial charge in [-0.1, -0.05) is 12.1 Å². The fraction of sp³-hybridized carbons (Fsp3) is 0.357. The van der Waals surface area contributed by atoms with E-state index in [0.29, 0.717) is 18.0 Å². The third-order valence-corrected chi connectivity index (χ3v) is 4.17. The van der Waals surface area contributed by atoms with Crippen LogP contribution < -0.4 is 4.90 Å². The average molecular weight is 289 g/mol. The van der Waals surface area contributed by atoms with E-state index in [0.717, 1.165) is 16.5 Å². The number of aromatic nitrogens is 2. The van der Waals surface area contributed by atoms with Crippen molar-refractivity contribution in [2.45, 2.75) is 25.3 Å². The first-order valence-corrected chi connectivity index (χ1v) is 7.28. The predicted octanol–water partition coefficient (Wildman–Crippen LogP) is 2.75. The molecule has 0 aliphatic heterocycles. The van der Waals surface area contributed by atoms with Gasteiger partial charge in [-0.25, -0.2) is 9.78 Å². The summed E-state index contributed by atoms with van der Waals surface area (Å²) in [6, 6.07) is 6.92. The molecule has 1 fully saturated rings. The van der Waals surface area contributed by atoms with Gasteiger partial charge in [-0.3, -0.25) is 0 Å². The van der Waals surface area contributed by atoms with E-state index in [1.807, 2.05) is 24.1 Å². The summed E-state index contributed by atoms with van der Waals surface area (Å²) in [5.41, 5.74) is 1.36. The van der Waals surface area contributed by atoms with Crippen LogP contribution in [0, 0.1) is 0 Å². The molecular formula is C14H15N3O2S. The molecule has 0 atom stereocenters. The van der Waals surface area contributed by atoms with Gasteiger partial charge in [0.15, 0.2) is 0 Å². The predicted molar refractivity (Wildman–Crippen MR) is 77.4 cm³/mol. The topological polar surface area (TPSA) is 66.3 Å². The van der Waals surface area contributed by atoms with Crippen molar-refractivity contribution in [2.75, 3.05) is 11.9 Å². The molecular weight excluding hydrogens is 274 g/mol. The highest BCUT2D eigenvalue weighted by atomic mass is 32.1. The molecule has 3 rings (SSSR count). The first-order valence-electron chi connectivity index (χ1n) is 6.50. The molecule has 1 aliphatic carbocycles. The highest BCUT2D eigenvalue weighted by Gasteiger charge is 2.28. The van der Waals surface area contributed by atoms with Crippen LogP contribution in [0.25, 0.3) is 0 Å². The highest BCUT2D eigenvalue weighted by molar-refractivity contribution is 7.09. The van der Waals surface area contributed by atoms with E-state index >= 15 is 0 Å². The lowest BCUT2D eigenvalue weighted by molar-refractivity contribution is 0.0697. The average Bonchev–Trinajstić information content (AvgIpc) is 3.17. The number of benzene rings is 1. The maximum Gasteiger partial charge on any atom is 0.335 e. The van der Waals surface area contributed by atoms with Crippen LogP contribution >= 0.6 is 11.5 Å². The lowest BCUT2D eigenvalue weighted by Crippen LogP contribution is -2.16. The van der Waals surface area contributed by atoms with Gasteiger partial charge < -0.3 is 10.0 Å². The van der Waals surface area contributed by atoms with Gasteiger partial charge in [-0.2, -0.15) is 4.37 Å². The van der Waals surface area contributed by atoms with Crippen LogP contribution in [-0.2, 0) is 6.54 Å². The second kappa shape index (κ2) is 5.20. The quantitative estimate of drug-likeness (QED) is 0.916. The van der Waals surface area contributed by atoms with Crippen LogP contribution in [0.1, 0.15) is 40.5 Å². The Morgan fingerprint density at radius 1 is 1.40 bits per heavy atom. The summed E-state index contributed by atoms with van der Waals surface area (Å²) in [6.07, 6.45) is 2.41. The number of aromatic carboxylic acids is 1. The van der Waals surface area contributed by atoms with Gasteiger partial charge in [0, 0.05) is 31.0 Å². The number of carbonyl (C=O) groups is 1. The maximum absolute atomic E-state index is 10.8. The molecule has 1 heterocycles. The van der Waals surface area contributed by atoms with Gasteiger partial charge in [-0.15, -0.1) is 0 Å². The first kappa shape index (κ1) is 13.1. The van der Waals surface area contributed by atoms with Crippen molar-refractivity contribution in [2.24, 2.45) is 0 Å². The summed E-state index contributed by atoms with van der Waals surface area (Å²) in [5, 5.41) is 9.78. The summed E-state index contributed by atoms with van der Waals surface area (Å²) in [6.45, 7) is 0.694. The number of nitrogens with zero attached hydrogens (tertiary/aromatic N) is 3. The molecule has 6 heteroatoms. The Balaban J connectivity index is 1.67. The molecule has 1 aromatic carbocycles. The van der Waals surface area contributed by atoms with Crippen molar-refractivity contribution in [1.29, 1.82) is 0 Å². The van der Waals surface area contributed by atoms with E-state index in [1.54, 1.807) is 12.1 Å². The Bertz CT molecular complexity index is 620. The first-order chi connectivity index (χ1) is 9.63. The molecule has 0 bridgehead atoms. The third kappa shape index (κ3) is 2.80. The van der Waals surface area contributed by atoms with E-state index < -0.39 is 5.97 Å². The van der Waals surface area contributed by atoms with E-state index in [9.17, 15) is 4.79 Å². The standard InChI is InChI=1S/C14H15N3O2S/c1-17(14-15-12(16-20-14)10-6-7-10)8-9-2-4-11(5-3-9)13(18)19/h2-5,10H,6-8H2,1H3,(H,18,19). The van der Waals surface area contributed by atoms with Gasteiger partial charge in [-0.05, 0) is 30.5 Å². The summed E-state index contributed by atoms with van der Waals surface area (Å²) in [4.78, 5) is 17.4. The van der Waals surface area contributed by atoms with Crippen molar-refractivity contribution in [3.05, 3.63) is 41.2 Å². The van der Waals surface area contributed by atoms with Gasteiger partial charge in [0.05, 0.1) is 5.56 Å². The number of anilines is 1. The van der Waals surface area contributed by atoms with Crippen LogP contribution in [0.15, 0.2) is 24.3 Å². The molecule has 0 radical (unpaired) electrons. The monoisotopic (exact) mass is 289 g/mol. The zero-order valence-corrected chi connectivity index (χ0v) is 11.9. The molecule has 0 spiro atoms. The maximum atomic E-state index is 10.8. The van der Waals surface area contributed by atoms with E-state index in [-0.39, 0.29) is 0 Å². The lowest BCUT2D eigenvalue weighted by Gasteiger charge is -2.15.